The van der Waals surface area contributed by atoms with Crippen LogP contribution in [0.15, 0.2) is 23.1 Å². The fourth-order valence-electron chi connectivity index (χ4n) is 1.18. The molecule has 0 aliphatic carbocycles. The zero-order valence-electron chi connectivity index (χ0n) is 7.47. The zero-order chi connectivity index (χ0) is 9.35. The molecule has 12 heavy (non-hydrogen) atoms. The van der Waals surface area contributed by atoms with Crippen LogP contribution in [-0.2, 0) is 0 Å². The number of hydrogen-bond acceptors (Lipinski definition) is 1. The van der Waals surface area contributed by atoms with Gasteiger partial charge in [0, 0.05) is 4.90 Å². The average molecular weight is 296 g/mol. The lowest BCUT2D eigenvalue weighted by Crippen LogP contribution is -1.89. The third kappa shape index (κ3) is 2.29. The van der Waals surface area contributed by atoms with E-state index in [2.05, 4.69) is 33.7 Å². The van der Waals surface area contributed by atoms with Gasteiger partial charge in [0.05, 0.1) is 0 Å². The Morgan fingerprint density at radius 2 is 1.92 bits per heavy atom. The van der Waals surface area contributed by atoms with E-state index in [-0.39, 0.29) is 0 Å². The SMILES string of the molecule is Cc1cc(O)ccc1S(C)(C)I. The molecule has 0 fully saturated rings. The van der Waals surface area contributed by atoms with Crippen molar-refractivity contribution in [2.75, 3.05) is 12.5 Å². The van der Waals surface area contributed by atoms with Gasteiger partial charge in [0.1, 0.15) is 5.75 Å². The van der Waals surface area contributed by atoms with Gasteiger partial charge >= 0.3 is 0 Å². The van der Waals surface area contributed by atoms with Crippen molar-refractivity contribution in [3.8, 4) is 5.75 Å². The summed E-state index contributed by atoms with van der Waals surface area (Å²) in [6.07, 6.45) is 4.49. The van der Waals surface area contributed by atoms with Gasteiger partial charge < -0.3 is 5.11 Å². The molecule has 68 valence electrons. The molecule has 0 spiro atoms. The molecule has 0 heterocycles. The predicted molar refractivity (Wildman–Crippen MR) is 64.6 cm³/mol. The highest BCUT2D eigenvalue weighted by Crippen LogP contribution is 2.58. The van der Waals surface area contributed by atoms with Gasteiger partial charge in [-0.25, -0.2) is 0 Å². The van der Waals surface area contributed by atoms with Crippen molar-refractivity contribution in [3.05, 3.63) is 23.8 Å². The maximum atomic E-state index is 9.21. The molecule has 1 rings (SSSR count). The van der Waals surface area contributed by atoms with Crippen molar-refractivity contribution in [1.82, 2.24) is 0 Å². The Morgan fingerprint density at radius 1 is 1.33 bits per heavy atom. The van der Waals surface area contributed by atoms with E-state index in [9.17, 15) is 5.11 Å². The second-order valence-electron chi connectivity index (χ2n) is 3.15. The highest BCUT2D eigenvalue weighted by molar-refractivity contribution is 14.2. The van der Waals surface area contributed by atoms with Gasteiger partial charge in [0.2, 0.25) is 0 Å². The van der Waals surface area contributed by atoms with Crippen molar-refractivity contribution in [3.63, 3.8) is 0 Å². The van der Waals surface area contributed by atoms with Gasteiger partial charge in [0.25, 0.3) is 0 Å². The first kappa shape index (κ1) is 10.2. The van der Waals surface area contributed by atoms with Crippen LogP contribution in [-0.4, -0.2) is 17.6 Å². The molecule has 3 heteroatoms. The molecule has 0 radical (unpaired) electrons. The van der Waals surface area contributed by atoms with Crippen molar-refractivity contribution >= 4 is 28.4 Å². The first-order valence-electron chi connectivity index (χ1n) is 3.64. The number of phenols is 1. The highest BCUT2D eigenvalue weighted by atomic mass is 127. The maximum Gasteiger partial charge on any atom is 0.115 e. The molecule has 0 unspecified atom stereocenters. The van der Waals surface area contributed by atoms with Crippen LogP contribution in [0.25, 0.3) is 0 Å². The zero-order valence-corrected chi connectivity index (χ0v) is 10.4. The molecule has 1 nitrogen and oxygen atoms in total. The van der Waals surface area contributed by atoms with E-state index in [1.54, 1.807) is 6.07 Å². The van der Waals surface area contributed by atoms with Gasteiger partial charge in [-0.3, -0.25) is 0 Å². The number of phenolic OH excluding ortho intramolecular Hbond substituents is 1. The minimum absolute atomic E-state index is 0.358. The van der Waals surface area contributed by atoms with Crippen LogP contribution in [0.4, 0.5) is 0 Å². The van der Waals surface area contributed by atoms with Gasteiger partial charge in [-0.1, -0.05) is 0 Å². The van der Waals surface area contributed by atoms with E-state index in [0.717, 1.165) is 0 Å². The smallest absolute Gasteiger partial charge is 0.115 e. The lowest BCUT2D eigenvalue weighted by molar-refractivity contribution is 0.474. The van der Waals surface area contributed by atoms with E-state index < -0.39 is 7.20 Å². The van der Waals surface area contributed by atoms with E-state index in [4.69, 9.17) is 0 Å². The molecule has 0 saturated carbocycles. The summed E-state index contributed by atoms with van der Waals surface area (Å²) >= 11 is 2.48. The van der Waals surface area contributed by atoms with Crippen molar-refractivity contribution < 1.29 is 5.11 Å². The van der Waals surface area contributed by atoms with Crippen LogP contribution >= 0.6 is 28.4 Å². The summed E-state index contributed by atoms with van der Waals surface area (Å²) in [6, 6.07) is 5.60. The monoisotopic (exact) mass is 296 g/mol. The molecule has 0 saturated heterocycles. The summed E-state index contributed by atoms with van der Waals surface area (Å²) in [5.41, 5.74) is 1.18. The summed E-state index contributed by atoms with van der Waals surface area (Å²) in [7, 11) is -0.691. The highest BCUT2D eigenvalue weighted by Gasteiger charge is 2.12. The largest absolute Gasteiger partial charge is 0.508 e. The van der Waals surface area contributed by atoms with Crippen LogP contribution in [0, 0.1) is 6.92 Å². The second-order valence-corrected chi connectivity index (χ2v) is 12.6. The Bertz CT molecular complexity index is 291. The molecule has 0 aromatic heterocycles. The summed E-state index contributed by atoms with van der Waals surface area (Å²) in [4.78, 5) is 1.36. The lowest BCUT2D eigenvalue weighted by Gasteiger charge is -2.25. The van der Waals surface area contributed by atoms with Gasteiger partial charge in [-0.2, -0.15) is 7.20 Å². The maximum absolute atomic E-state index is 9.21. The van der Waals surface area contributed by atoms with Crippen LogP contribution in [0.2, 0.25) is 0 Å². The Kier molecular flexibility index (Phi) is 2.93. The fraction of sp³-hybridized carbons (Fsp3) is 0.333. The number of aryl methyl sites for hydroxylation is 1. The Balaban J connectivity index is 3.19. The molecule has 1 N–H and O–H groups in total. The Hall–Kier alpha value is 0.1000. The number of aromatic hydroxyl groups is 1. The summed E-state index contributed by atoms with van der Waals surface area (Å²) in [5, 5.41) is 9.21. The van der Waals surface area contributed by atoms with E-state index in [0.29, 0.717) is 5.75 Å². The topological polar surface area (TPSA) is 20.2 Å². The van der Waals surface area contributed by atoms with Crippen LogP contribution in [0.1, 0.15) is 5.56 Å². The van der Waals surface area contributed by atoms with E-state index >= 15 is 0 Å². The third-order valence-corrected chi connectivity index (χ3v) is 4.61. The molecule has 1 aromatic carbocycles. The van der Waals surface area contributed by atoms with Gasteiger partial charge in [-0.05, 0) is 64.4 Å². The average Bonchev–Trinajstić information content (AvgIpc) is 1.83. The minimum Gasteiger partial charge on any atom is -0.508 e. The first-order valence-corrected chi connectivity index (χ1v) is 8.63. The standard InChI is InChI=1S/C9H13IOS/c1-7-6-8(11)4-5-9(7)12(2,3)10/h4-6,11H,1-3H3. The fourth-order valence-corrected chi connectivity index (χ4v) is 3.88. The molecular weight excluding hydrogens is 283 g/mol. The summed E-state index contributed by atoms with van der Waals surface area (Å²) in [6.45, 7) is 2.04. The van der Waals surface area contributed by atoms with Crippen molar-refractivity contribution in [2.24, 2.45) is 0 Å². The Labute approximate surface area is 87.1 Å². The molecule has 1 aromatic rings. The quantitative estimate of drug-likeness (QED) is 0.787. The predicted octanol–water partition coefficient (Wildman–Crippen LogP) is 3.47. The normalized spacial score (nSPS) is 13.0. The lowest BCUT2D eigenvalue weighted by atomic mass is 10.2. The van der Waals surface area contributed by atoms with Crippen LogP contribution < -0.4 is 0 Å². The third-order valence-electron chi connectivity index (χ3n) is 1.68. The van der Waals surface area contributed by atoms with Crippen molar-refractivity contribution in [1.29, 1.82) is 0 Å². The number of rotatable bonds is 1. The van der Waals surface area contributed by atoms with Crippen LogP contribution in [0.3, 0.4) is 0 Å². The van der Waals surface area contributed by atoms with Gasteiger partial charge in [0.15, 0.2) is 0 Å². The van der Waals surface area contributed by atoms with Crippen molar-refractivity contribution in [2.45, 2.75) is 11.8 Å². The Morgan fingerprint density at radius 3 is 2.33 bits per heavy atom. The van der Waals surface area contributed by atoms with E-state index in [1.807, 2.05) is 19.1 Å². The summed E-state index contributed by atoms with van der Waals surface area (Å²) in [5.74, 6) is 0.358. The summed E-state index contributed by atoms with van der Waals surface area (Å²) < 4.78 is 0. The second kappa shape index (κ2) is 3.46. The molecule has 0 aliphatic heterocycles. The minimum atomic E-state index is -0.691. The molecular formula is C9H13IOS. The van der Waals surface area contributed by atoms with Gasteiger partial charge in [-0.15, -0.1) is 0 Å². The van der Waals surface area contributed by atoms with Crippen LogP contribution in [0.5, 0.6) is 5.75 Å². The number of hydrogen-bond donors (Lipinski definition) is 1. The molecule has 0 bridgehead atoms. The molecule has 0 amide bonds. The number of halogens is 1. The molecule has 0 aliphatic rings. The number of benzene rings is 1. The molecule has 0 atom stereocenters. The first-order chi connectivity index (χ1) is 5.41. The van der Waals surface area contributed by atoms with E-state index in [1.165, 1.54) is 10.5 Å².